The van der Waals surface area contributed by atoms with Crippen molar-refractivity contribution in [1.29, 1.82) is 0 Å². The Kier molecular flexibility index (Phi) is 8.52. The molecule has 47 heavy (non-hydrogen) atoms. The summed E-state index contributed by atoms with van der Waals surface area (Å²) < 4.78 is 20.7. The van der Waals surface area contributed by atoms with Crippen molar-refractivity contribution in [2.24, 2.45) is 4.99 Å². The number of hydrogen-bond donors (Lipinski definition) is 0. The largest absolute Gasteiger partial charge is 0.497 e. The number of para-hydroxylation sites is 1. The Morgan fingerprint density at radius 2 is 1.81 bits per heavy atom. The van der Waals surface area contributed by atoms with E-state index in [1.165, 1.54) is 35.1 Å². The molecule has 0 spiro atoms. The zero-order chi connectivity index (χ0) is 33.4. The van der Waals surface area contributed by atoms with E-state index in [2.05, 4.69) is 4.57 Å². The maximum atomic E-state index is 14.4. The molecule has 6 rings (SSSR count). The molecule has 0 unspecified atom stereocenters. The second kappa shape index (κ2) is 12.7. The van der Waals surface area contributed by atoms with Gasteiger partial charge in [-0.3, -0.25) is 19.5 Å². The summed E-state index contributed by atoms with van der Waals surface area (Å²) in [5, 5.41) is 12.1. The number of methoxy groups -OCH3 is 2. The lowest BCUT2D eigenvalue weighted by Gasteiger charge is -2.26. The lowest BCUT2D eigenvalue weighted by atomic mass is 9.95. The van der Waals surface area contributed by atoms with Crippen LogP contribution in [0.25, 0.3) is 17.0 Å². The molecule has 2 aromatic heterocycles. The molecule has 240 valence electrons. The molecule has 0 radical (unpaired) electrons. The predicted molar refractivity (Wildman–Crippen MR) is 179 cm³/mol. The number of carbonyl (C=O) groups excluding carboxylic acids is 1. The molecule has 1 aliphatic heterocycles. The minimum Gasteiger partial charge on any atom is -0.497 e. The summed E-state index contributed by atoms with van der Waals surface area (Å²) in [6, 6.07) is 18.8. The van der Waals surface area contributed by atoms with Crippen LogP contribution in [0.15, 0.2) is 87.8 Å². The van der Waals surface area contributed by atoms with Gasteiger partial charge in [-0.1, -0.05) is 41.7 Å². The highest BCUT2D eigenvalue weighted by molar-refractivity contribution is 7.07. The molecule has 1 aliphatic rings. The van der Waals surface area contributed by atoms with E-state index >= 15 is 0 Å². The number of ether oxygens (including phenoxy) is 3. The van der Waals surface area contributed by atoms with Crippen LogP contribution in [-0.4, -0.2) is 40.9 Å². The standard InChI is InChI=1S/C35H32N4O7S/c1-6-46-34(41)31-20(2)36-35-38(32(31)26-16-15-24(44-4)17-29(26)45-5)33(40)30(47-35)18-27-21(3)37(28-10-8-7-9-25(27)28)19-22-11-13-23(14-12-22)39(42)43/h7-18,32H,6,19H2,1-5H3/b30-18-/t32-/m0/s1. The number of nitrogens with zero attached hydrogens (tertiary/aromatic N) is 4. The van der Waals surface area contributed by atoms with Crippen molar-refractivity contribution in [2.75, 3.05) is 20.8 Å². The number of rotatable bonds is 9. The average molecular weight is 653 g/mol. The number of carbonyl (C=O) groups is 1. The fourth-order valence-electron chi connectivity index (χ4n) is 6.01. The summed E-state index contributed by atoms with van der Waals surface area (Å²) >= 11 is 1.25. The first-order valence-electron chi connectivity index (χ1n) is 14.9. The van der Waals surface area contributed by atoms with E-state index < -0.39 is 16.9 Å². The van der Waals surface area contributed by atoms with Gasteiger partial charge in [0, 0.05) is 52.5 Å². The molecule has 0 N–H and O–H groups in total. The first-order chi connectivity index (χ1) is 22.7. The van der Waals surface area contributed by atoms with Crippen molar-refractivity contribution in [3.63, 3.8) is 0 Å². The number of nitro benzene ring substituents is 1. The van der Waals surface area contributed by atoms with Crippen molar-refractivity contribution < 1.29 is 23.9 Å². The Bertz CT molecular complexity index is 2260. The third kappa shape index (κ3) is 5.61. The Morgan fingerprint density at radius 1 is 1.06 bits per heavy atom. The average Bonchev–Trinajstić information content (AvgIpc) is 3.52. The molecule has 3 heterocycles. The van der Waals surface area contributed by atoms with E-state index in [1.54, 1.807) is 51.3 Å². The van der Waals surface area contributed by atoms with Crippen molar-refractivity contribution in [3.05, 3.63) is 130 Å². The lowest BCUT2D eigenvalue weighted by Crippen LogP contribution is -2.40. The van der Waals surface area contributed by atoms with Crippen molar-refractivity contribution in [2.45, 2.75) is 33.4 Å². The molecule has 1 atom stereocenters. The van der Waals surface area contributed by atoms with Crippen LogP contribution in [0.2, 0.25) is 0 Å². The van der Waals surface area contributed by atoms with Crippen LogP contribution in [0.4, 0.5) is 5.69 Å². The lowest BCUT2D eigenvalue weighted by molar-refractivity contribution is -0.384. The molecule has 3 aromatic carbocycles. The van der Waals surface area contributed by atoms with Crippen LogP contribution >= 0.6 is 11.3 Å². The van der Waals surface area contributed by atoms with E-state index in [9.17, 15) is 19.7 Å². The van der Waals surface area contributed by atoms with Gasteiger partial charge in [-0.05, 0) is 50.6 Å². The summed E-state index contributed by atoms with van der Waals surface area (Å²) in [4.78, 5) is 43.6. The second-order valence-corrected chi connectivity index (χ2v) is 11.9. The number of aromatic nitrogens is 2. The van der Waals surface area contributed by atoms with Gasteiger partial charge in [0.2, 0.25) is 0 Å². The van der Waals surface area contributed by atoms with Gasteiger partial charge in [0.1, 0.15) is 17.5 Å². The van der Waals surface area contributed by atoms with Gasteiger partial charge >= 0.3 is 5.97 Å². The van der Waals surface area contributed by atoms with Crippen molar-refractivity contribution in [3.8, 4) is 11.5 Å². The molecule has 0 saturated carbocycles. The van der Waals surface area contributed by atoms with Crippen LogP contribution < -0.4 is 24.4 Å². The summed E-state index contributed by atoms with van der Waals surface area (Å²) in [5.41, 5.74) is 4.68. The smallest absolute Gasteiger partial charge is 0.338 e. The molecule has 0 amide bonds. The maximum absolute atomic E-state index is 14.4. The maximum Gasteiger partial charge on any atom is 0.338 e. The molecule has 0 saturated heterocycles. The molecule has 0 aliphatic carbocycles. The van der Waals surface area contributed by atoms with Crippen molar-refractivity contribution in [1.82, 2.24) is 9.13 Å². The molecule has 0 bridgehead atoms. The van der Waals surface area contributed by atoms with Crippen molar-refractivity contribution >= 4 is 40.0 Å². The number of fused-ring (bicyclic) bond motifs is 2. The van der Waals surface area contributed by atoms with Crippen LogP contribution in [0.3, 0.4) is 0 Å². The normalized spacial score (nSPS) is 14.6. The number of hydrogen-bond acceptors (Lipinski definition) is 9. The Morgan fingerprint density at radius 3 is 2.49 bits per heavy atom. The van der Waals surface area contributed by atoms with Gasteiger partial charge in [0.15, 0.2) is 4.80 Å². The topological polar surface area (TPSA) is 127 Å². The number of nitro groups is 1. The Balaban J connectivity index is 1.53. The fourth-order valence-corrected chi connectivity index (χ4v) is 7.04. The van der Waals surface area contributed by atoms with Gasteiger partial charge in [-0.25, -0.2) is 9.79 Å². The molecule has 0 fully saturated rings. The monoisotopic (exact) mass is 652 g/mol. The number of benzene rings is 3. The number of allylic oxidation sites excluding steroid dienone is 1. The third-order valence-corrected chi connectivity index (χ3v) is 9.28. The molecule has 11 nitrogen and oxygen atoms in total. The zero-order valence-corrected chi connectivity index (χ0v) is 27.3. The van der Waals surface area contributed by atoms with E-state index in [0.717, 1.165) is 27.7 Å². The van der Waals surface area contributed by atoms with Gasteiger partial charge in [0.25, 0.3) is 11.2 Å². The number of esters is 1. The fraction of sp³-hybridized carbons (Fsp3) is 0.229. The van der Waals surface area contributed by atoms with E-state index in [4.69, 9.17) is 19.2 Å². The Hall–Kier alpha value is -5.49. The SMILES string of the molecule is CCOC(=O)C1=C(C)N=c2s/c(=C\c3c(C)n(Cc4ccc([N+](=O)[O-])cc4)c4ccccc34)c(=O)n2[C@H]1c1ccc(OC)cc1OC. The minimum absolute atomic E-state index is 0.0332. The first-order valence-corrected chi connectivity index (χ1v) is 15.7. The highest BCUT2D eigenvalue weighted by Crippen LogP contribution is 2.37. The van der Waals surface area contributed by atoms with E-state index in [-0.39, 0.29) is 23.4 Å². The van der Waals surface area contributed by atoms with Crippen LogP contribution in [0.1, 0.15) is 42.3 Å². The molecule has 5 aromatic rings. The van der Waals surface area contributed by atoms with Crippen LogP contribution in [-0.2, 0) is 16.1 Å². The van der Waals surface area contributed by atoms with Crippen LogP contribution in [0.5, 0.6) is 11.5 Å². The quantitative estimate of drug-likeness (QED) is 0.124. The van der Waals surface area contributed by atoms with E-state index in [0.29, 0.717) is 38.6 Å². The summed E-state index contributed by atoms with van der Waals surface area (Å²) in [6.07, 6.45) is 1.87. The van der Waals surface area contributed by atoms with E-state index in [1.807, 2.05) is 37.3 Å². The summed E-state index contributed by atoms with van der Waals surface area (Å²) in [6.45, 7) is 6.10. The minimum atomic E-state index is -0.849. The highest BCUT2D eigenvalue weighted by Gasteiger charge is 2.35. The summed E-state index contributed by atoms with van der Waals surface area (Å²) in [7, 11) is 3.08. The number of thiazole rings is 1. The summed E-state index contributed by atoms with van der Waals surface area (Å²) in [5.74, 6) is 0.457. The molecular formula is C35H32N4O7S. The second-order valence-electron chi connectivity index (χ2n) is 10.9. The molecule has 12 heteroatoms. The first kappa shape index (κ1) is 31.5. The number of non-ortho nitro benzene ring substituents is 1. The zero-order valence-electron chi connectivity index (χ0n) is 26.5. The Labute approximate surface area is 273 Å². The third-order valence-electron chi connectivity index (χ3n) is 8.30. The predicted octanol–water partition coefficient (Wildman–Crippen LogP) is 5.04. The molecular weight excluding hydrogens is 620 g/mol. The highest BCUT2D eigenvalue weighted by atomic mass is 32.1. The van der Waals surface area contributed by atoms with Gasteiger partial charge in [0.05, 0.1) is 41.6 Å². The van der Waals surface area contributed by atoms with Gasteiger partial charge in [-0.2, -0.15) is 0 Å². The van der Waals surface area contributed by atoms with Crippen LogP contribution in [0, 0.1) is 17.0 Å². The van der Waals surface area contributed by atoms with Gasteiger partial charge < -0.3 is 18.8 Å². The van der Waals surface area contributed by atoms with Gasteiger partial charge in [-0.15, -0.1) is 0 Å².